The number of halogens is 1. The summed E-state index contributed by atoms with van der Waals surface area (Å²) in [6.07, 6.45) is 1.14. The summed E-state index contributed by atoms with van der Waals surface area (Å²) in [5.41, 5.74) is 2.53. The third-order valence-corrected chi connectivity index (χ3v) is 6.46. The van der Waals surface area contributed by atoms with Crippen molar-refractivity contribution in [1.82, 2.24) is 4.90 Å². The summed E-state index contributed by atoms with van der Waals surface area (Å²) in [4.78, 5) is 31.6. The van der Waals surface area contributed by atoms with Gasteiger partial charge in [0.2, 0.25) is 11.8 Å². The van der Waals surface area contributed by atoms with Gasteiger partial charge in [0, 0.05) is 49.3 Å². The number of benzene rings is 2. The lowest BCUT2D eigenvalue weighted by molar-refractivity contribution is -0.135. The van der Waals surface area contributed by atoms with Crippen molar-refractivity contribution < 1.29 is 9.59 Å². The first kappa shape index (κ1) is 20.4. The highest BCUT2D eigenvalue weighted by atomic mass is 79.9. The highest BCUT2D eigenvalue weighted by Crippen LogP contribution is 2.32. The van der Waals surface area contributed by atoms with Crippen molar-refractivity contribution in [3.05, 3.63) is 58.6 Å². The Morgan fingerprint density at radius 3 is 2.53 bits per heavy atom. The Hall–Kier alpha value is -2.85. The molecule has 2 aromatic carbocycles. The Morgan fingerprint density at radius 1 is 1.03 bits per heavy atom. The first-order valence-corrected chi connectivity index (χ1v) is 10.9. The van der Waals surface area contributed by atoms with Gasteiger partial charge in [-0.2, -0.15) is 5.26 Å². The van der Waals surface area contributed by atoms with Crippen LogP contribution in [0.25, 0.3) is 0 Å². The number of hydrogen-bond donors (Lipinski definition) is 0. The fourth-order valence-electron chi connectivity index (χ4n) is 4.18. The monoisotopic (exact) mass is 466 g/mol. The first-order chi connectivity index (χ1) is 14.6. The first-order valence-electron chi connectivity index (χ1n) is 10.2. The van der Waals surface area contributed by atoms with Gasteiger partial charge in [-0.05, 0) is 58.7 Å². The van der Waals surface area contributed by atoms with Gasteiger partial charge in [-0.3, -0.25) is 9.59 Å². The zero-order chi connectivity index (χ0) is 21.1. The number of carbonyl (C=O) groups is 2. The van der Waals surface area contributed by atoms with Gasteiger partial charge in [0.05, 0.1) is 23.2 Å². The molecule has 0 bridgehead atoms. The van der Waals surface area contributed by atoms with Crippen LogP contribution in [0, 0.1) is 17.2 Å². The Kier molecular flexibility index (Phi) is 6.05. The van der Waals surface area contributed by atoms with E-state index in [2.05, 4.69) is 26.9 Å². The molecule has 0 aromatic heterocycles. The molecule has 0 aliphatic carbocycles. The molecule has 6 nitrogen and oxygen atoms in total. The Bertz CT molecular complexity index is 985. The van der Waals surface area contributed by atoms with E-state index in [-0.39, 0.29) is 24.2 Å². The van der Waals surface area contributed by atoms with Crippen molar-refractivity contribution >= 4 is 39.1 Å². The normalized spacial score (nSPS) is 19.5. The summed E-state index contributed by atoms with van der Waals surface area (Å²) >= 11 is 3.50. The molecule has 2 aliphatic heterocycles. The molecule has 2 amide bonds. The predicted octanol–water partition coefficient (Wildman–Crippen LogP) is 3.41. The van der Waals surface area contributed by atoms with Gasteiger partial charge in [-0.15, -0.1) is 0 Å². The molecule has 0 spiro atoms. The van der Waals surface area contributed by atoms with Gasteiger partial charge in [0.25, 0.3) is 0 Å². The standard InChI is InChI=1S/C23H23BrN4O2/c24-20-4-1-2-5-21(20)28-16-18(14-22(28)29)23(30)27-11-3-10-26(12-13-27)19-8-6-17(15-25)7-9-19/h1-2,4-9,18H,3,10-14,16H2. The number of nitrogens with zero attached hydrogens (tertiary/aromatic N) is 4. The van der Waals surface area contributed by atoms with Crippen molar-refractivity contribution in [1.29, 1.82) is 5.26 Å². The minimum absolute atomic E-state index is 0.00530. The maximum atomic E-state index is 13.2. The van der Waals surface area contributed by atoms with E-state index in [0.29, 0.717) is 25.2 Å². The lowest BCUT2D eigenvalue weighted by atomic mass is 10.1. The third-order valence-electron chi connectivity index (χ3n) is 5.79. The highest BCUT2D eigenvalue weighted by Gasteiger charge is 2.38. The molecule has 2 fully saturated rings. The molecule has 0 radical (unpaired) electrons. The fourth-order valence-corrected chi connectivity index (χ4v) is 4.68. The molecule has 1 atom stereocenters. The Balaban J connectivity index is 1.40. The molecular formula is C23H23BrN4O2. The molecule has 30 heavy (non-hydrogen) atoms. The molecule has 2 heterocycles. The van der Waals surface area contributed by atoms with E-state index in [4.69, 9.17) is 5.26 Å². The number of rotatable bonds is 3. The minimum atomic E-state index is -0.300. The van der Waals surface area contributed by atoms with Crippen molar-refractivity contribution in [3.8, 4) is 6.07 Å². The van der Waals surface area contributed by atoms with Crippen LogP contribution in [-0.2, 0) is 9.59 Å². The van der Waals surface area contributed by atoms with Crippen molar-refractivity contribution in [3.63, 3.8) is 0 Å². The summed E-state index contributed by atoms with van der Waals surface area (Å²) in [7, 11) is 0. The lowest BCUT2D eigenvalue weighted by Gasteiger charge is -2.25. The minimum Gasteiger partial charge on any atom is -0.370 e. The summed E-state index contributed by atoms with van der Waals surface area (Å²) in [6.45, 7) is 3.37. The highest BCUT2D eigenvalue weighted by molar-refractivity contribution is 9.10. The third kappa shape index (κ3) is 4.19. The molecule has 1 unspecified atom stereocenters. The SMILES string of the molecule is N#Cc1ccc(N2CCCN(C(=O)C3CC(=O)N(c4ccccc4Br)C3)CC2)cc1. The molecule has 7 heteroatoms. The zero-order valence-corrected chi connectivity index (χ0v) is 18.2. The van der Waals surface area contributed by atoms with E-state index in [1.807, 2.05) is 53.4 Å². The maximum Gasteiger partial charge on any atom is 0.228 e. The van der Waals surface area contributed by atoms with Gasteiger partial charge in [-0.1, -0.05) is 12.1 Å². The maximum absolute atomic E-state index is 13.2. The van der Waals surface area contributed by atoms with E-state index < -0.39 is 0 Å². The summed E-state index contributed by atoms with van der Waals surface area (Å²) in [6, 6.07) is 17.3. The number of anilines is 2. The van der Waals surface area contributed by atoms with Crippen LogP contribution < -0.4 is 9.80 Å². The van der Waals surface area contributed by atoms with Crippen LogP contribution in [0.15, 0.2) is 53.0 Å². The Morgan fingerprint density at radius 2 is 1.80 bits per heavy atom. The van der Waals surface area contributed by atoms with E-state index >= 15 is 0 Å². The predicted molar refractivity (Wildman–Crippen MR) is 119 cm³/mol. The molecule has 4 rings (SSSR count). The van der Waals surface area contributed by atoms with Crippen LogP contribution in [0.4, 0.5) is 11.4 Å². The average Bonchev–Trinajstić information content (AvgIpc) is 2.99. The van der Waals surface area contributed by atoms with Crippen molar-refractivity contribution in [2.75, 3.05) is 42.5 Å². The average molecular weight is 467 g/mol. The quantitative estimate of drug-likeness (QED) is 0.694. The number of amides is 2. The molecule has 154 valence electrons. The molecule has 0 saturated carbocycles. The largest absolute Gasteiger partial charge is 0.370 e. The molecule has 2 saturated heterocycles. The van der Waals surface area contributed by atoms with Gasteiger partial charge < -0.3 is 14.7 Å². The molecule has 2 aliphatic rings. The van der Waals surface area contributed by atoms with Gasteiger partial charge in [0.1, 0.15) is 0 Å². The second-order valence-electron chi connectivity index (χ2n) is 7.68. The van der Waals surface area contributed by atoms with Crippen LogP contribution in [0.3, 0.4) is 0 Å². The summed E-state index contributed by atoms with van der Waals surface area (Å²) in [5, 5.41) is 8.97. The smallest absolute Gasteiger partial charge is 0.228 e. The molecule has 2 aromatic rings. The van der Waals surface area contributed by atoms with Crippen LogP contribution >= 0.6 is 15.9 Å². The van der Waals surface area contributed by atoms with Gasteiger partial charge >= 0.3 is 0 Å². The summed E-state index contributed by atoms with van der Waals surface area (Å²) in [5.74, 6) is -0.236. The number of carbonyl (C=O) groups excluding carboxylic acids is 2. The van der Waals surface area contributed by atoms with E-state index in [1.54, 1.807) is 4.90 Å². The lowest BCUT2D eigenvalue weighted by Crippen LogP contribution is -2.40. The van der Waals surface area contributed by atoms with Crippen molar-refractivity contribution in [2.45, 2.75) is 12.8 Å². The molecular weight excluding hydrogens is 444 g/mol. The number of nitriles is 1. The Labute approximate surface area is 184 Å². The number of hydrogen-bond acceptors (Lipinski definition) is 4. The van der Waals surface area contributed by atoms with Gasteiger partial charge in [-0.25, -0.2) is 0 Å². The van der Waals surface area contributed by atoms with E-state index in [1.165, 1.54) is 0 Å². The van der Waals surface area contributed by atoms with Crippen molar-refractivity contribution in [2.24, 2.45) is 5.92 Å². The van der Waals surface area contributed by atoms with Gasteiger partial charge in [0.15, 0.2) is 0 Å². The molecule has 0 N–H and O–H groups in total. The van der Waals surface area contributed by atoms with E-state index in [0.717, 1.165) is 35.4 Å². The second-order valence-corrected chi connectivity index (χ2v) is 8.54. The van der Waals surface area contributed by atoms with E-state index in [9.17, 15) is 9.59 Å². The van der Waals surface area contributed by atoms with Crippen LogP contribution in [0.1, 0.15) is 18.4 Å². The summed E-state index contributed by atoms with van der Waals surface area (Å²) < 4.78 is 0.860. The van der Waals surface area contributed by atoms with Crippen LogP contribution in [-0.4, -0.2) is 49.4 Å². The van der Waals surface area contributed by atoms with Crippen LogP contribution in [0.5, 0.6) is 0 Å². The topological polar surface area (TPSA) is 67.6 Å². The van der Waals surface area contributed by atoms with Crippen LogP contribution in [0.2, 0.25) is 0 Å². The fraction of sp³-hybridized carbons (Fsp3) is 0.348. The zero-order valence-electron chi connectivity index (χ0n) is 16.6. The number of para-hydroxylation sites is 1. The second kappa shape index (κ2) is 8.88.